The maximum atomic E-state index is 5.00. The fourth-order valence-corrected chi connectivity index (χ4v) is 4.25. The molecule has 0 aromatic heterocycles. The minimum absolute atomic E-state index is 0.708. The largest absolute Gasteiger partial charge is 0.357 e. The molecule has 0 aliphatic carbocycles. The number of likely N-dealkylation sites (tertiary alicyclic amines) is 1. The summed E-state index contributed by atoms with van der Waals surface area (Å²) in [5.74, 6) is 1.82. The fourth-order valence-electron chi connectivity index (χ4n) is 4.25. The van der Waals surface area contributed by atoms with Gasteiger partial charge in [0.05, 0.1) is 0 Å². The SMILES string of the molecule is CCNC(=NCC1CCCN(C)C1)N1CCN(Cc2cccc(C)c2)CC1. The first-order valence-electron chi connectivity index (χ1n) is 10.6. The van der Waals surface area contributed by atoms with Gasteiger partial charge in [-0.1, -0.05) is 29.8 Å². The van der Waals surface area contributed by atoms with Gasteiger partial charge < -0.3 is 15.1 Å². The molecule has 5 nitrogen and oxygen atoms in total. The minimum atomic E-state index is 0.708. The Balaban J connectivity index is 1.51. The molecule has 0 radical (unpaired) electrons. The van der Waals surface area contributed by atoms with E-state index in [-0.39, 0.29) is 0 Å². The number of hydrogen-bond donors (Lipinski definition) is 1. The normalized spacial score (nSPS) is 22.9. The maximum Gasteiger partial charge on any atom is 0.194 e. The molecule has 5 heteroatoms. The van der Waals surface area contributed by atoms with Crippen LogP contribution in [0.25, 0.3) is 0 Å². The lowest BCUT2D eigenvalue weighted by Gasteiger charge is -2.37. The Morgan fingerprint density at radius 1 is 1.19 bits per heavy atom. The van der Waals surface area contributed by atoms with Gasteiger partial charge in [0, 0.05) is 52.4 Å². The van der Waals surface area contributed by atoms with Crippen LogP contribution in [0, 0.1) is 12.8 Å². The van der Waals surface area contributed by atoms with Crippen LogP contribution < -0.4 is 5.32 Å². The van der Waals surface area contributed by atoms with Crippen LogP contribution in [0.4, 0.5) is 0 Å². The van der Waals surface area contributed by atoms with Gasteiger partial charge in [-0.15, -0.1) is 0 Å². The molecule has 0 bridgehead atoms. The molecular weight excluding hydrogens is 334 g/mol. The number of piperazine rings is 1. The third kappa shape index (κ3) is 6.22. The lowest BCUT2D eigenvalue weighted by molar-refractivity contribution is 0.171. The molecule has 2 fully saturated rings. The van der Waals surface area contributed by atoms with Crippen molar-refractivity contribution in [2.45, 2.75) is 33.2 Å². The van der Waals surface area contributed by atoms with Crippen LogP contribution in [-0.4, -0.2) is 80.1 Å². The summed E-state index contributed by atoms with van der Waals surface area (Å²) in [6.45, 7) is 14.0. The number of aryl methyl sites for hydroxylation is 1. The first-order valence-corrected chi connectivity index (χ1v) is 10.6. The molecule has 2 aliphatic rings. The van der Waals surface area contributed by atoms with E-state index in [9.17, 15) is 0 Å². The third-order valence-corrected chi connectivity index (χ3v) is 5.72. The summed E-state index contributed by atoms with van der Waals surface area (Å²) in [4.78, 5) is 12.5. The zero-order valence-corrected chi connectivity index (χ0v) is 17.5. The highest BCUT2D eigenvalue weighted by molar-refractivity contribution is 5.80. The number of nitrogens with one attached hydrogen (secondary N) is 1. The lowest BCUT2D eigenvalue weighted by Crippen LogP contribution is -2.52. The van der Waals surface area contributed by atoms with E-state index in [0.29, 0.717) is 5.92 Å². The lowest BCUT2D eigenvalue weighted by atomic mass is 9.99. The van der Waals surface area contributed by atoms with E-state index >= 15 is 0 Å². The van der Waals surface area contributed by atoms with E-state index in [1.54, 1.807) is 0 Å². The van der Waals surface area contributed by atoms with Gasteiger partial charge in [0.2, 0.25) is 0 Å². The molecule has 150 valence electrons. The average Bonchev–Trinajstić information content (AvgIpc) is 2.66. The number of piperidine rings is 1. The summed E-state index contributed by atoms with van der Waals surface area (Å²) in [6, 6.07) is 8.88. The van der Waals surface area contributed by atoms with Crippen molar-refractivity contribution >= 4 is 5.96 Å². The fraction of sp³-hybridized carbons (Fsp3) is 0.682. The van der Waals surface area contributed by atoms with Crippen molar-refractivity contribution in [1.29, 1.82) is 0 Å². The van der Waals surface area contributed by atoms with Crippen molar-refractivity contribution in [3.05, 3.63) is 35.4 Å². The number of guanidine groups is 1. The second-order valence-corrected chi connectivity index (χ2v) is 8.22. The highest BCUT2D eigenvalue weighted by atomic mass is 15.3. The summed E-state index contributed by atoms with van der Waals surface area (Å²) >= 11 is 0. The summed E-state index contributed by atoms with van der Waals surface area (Å²) in [5, 5.41) is 3.52. The van der Waals surface area contributed by atoms with Crippen molar-refractivity contribution in [1.82, 2.24) is 20.0 Å². The van der Waals surface area contributed by atoms with Crippen LogP contribution in [0.1, 0.15) is 30.9 Å². The average molecular weight is 372 g/mol. The topological polar surface area (TPSA) is 34.1 Å². The minimum Gasteiger partial charge on any atom is -0.357 e. The molecule has 1 aromatic rings. The Labute approximate surface area is 165 Å². The molecule has 1 atom stereocenters. The van der Waals surface area contributed by atoms with E-state index in [0.717, 1.165) is 51.8 Å². The number of aliphatic imine (C=N–C) groups is 1. The number of rotatable bonds is 5. The zero-order valence-electron chi connectivity index (χ0n) is 17.5. The van der Waals surface area contributed by atoms with Gasteiger partial charge in [-0.25, -0.2) is 0 Å². The molecule has 1 aromatic carbocycles. The summed E-state index contributed by atoms with van der Waals surface area (Å²) in [7, 11) is 2.23. The van der Waals surface area contributed by atoms with Crippen LogP contribution in [0.15, 0.2) is 29.3 Å². The van der Waals surface area contributed by atoms with Crippen LogP contribution in [0.3, 0.4) is 0 Å². The van der Waals surface area contributed by atoms with Crippen LogP contribution >= 0.6 is 0 Å². The first-order chi connectivity index (χ1) is 13.1. The Kier molecular flexibility index (Phi) is 7.53. The molecule has 0 saturated carbocycles. The molecule has 2 saturated heterocycles. The van der Waals surface area contributed by atoms with Gasteiger partial charge >= 0.3 is 0 Å². The van der Waals surface area contributed by atoms with Crippen molar-refractivity contribution in [3.8, 4) is 0 Å². The van der Waals surface area contributed by atoms with Gasteiger partial charge in [-0.3, -0.25) is 9.89 Å². The van der Waals surface area contributed by atoms with E-state index in [2.05, 4.69) is 65.2 Å². The van der Waals surface area contributed by atoms with Crippen LogP contribution in [-0.2, 0) is 6.54 Å². The Hall–Kier alpha value is -1.59. The molecule has 2 heterocycles. The molecule has 2 aliphatic heterocycles. The van der Waals surface area contributed by atoms with E-state index < -0.39 is 0 Å². The van der Waals surface area contributed by atoms with E-state index in [1.807, 2.05) is 0 Å². The predicted octanol–water partition coefficient (Wildman–Crippen LogP) is 2.42. The molecule has 0 spiro atoms. The van der Waals surface area contributed by atoms with E-state index in [1.165, 1.54) is 37.1 Å². The molecule has 1 N–H and O–H groups in total. The number of hydrogen-bond acceptors (Lipinski definition) is 3. The smallest absolute Gasteiger partial charge is 0.194 e. The summed E-state index contributed by atoms with van der Waals surface area (Å²) in [5.41, 5.74) is 2.77. The van der Waals surface area contributed by atoms with Gasteiger partial charge in [-0.05, 0) is 51.8 Å². The van der Waals surface area contributed by atoms with Gasteiger partial charge in [-0.2, -0.15) is 0 Å². The summed E-state index contributed by atoms with van der Waals surface area (Å²) in [6.07, 6.45) is 2.63. The zero-order chi connectivity index (χ0) is 19.1. The molecule has 1 unspecified atom stereocenters. The second-order valence-electron chi connectivity index (χ2n) is 8.22. The number of benzene rings is 1. The van der Waals surface area contributed by atoms with Crippen molar-refractivity contribution in [3.63, 3.8) is 0 Å². The Morgan fingerprint density at radius 2 is 2.00 bits per heavy atom. The molecule has 27 heavy (non-hydrogen) atoms. The quantitative estimate of drug-likeness (QED) is 0.637. The van der Waals surface area contributed by atoms with Gasteiger partial charge in [0.25, 0.3) is 0 Å². The standard InChI is InChI=1S/C22H37N5/c1-4-23-22(24-16-21-9-6-10-25(3)17-21)27-13-11-26(12-14-27)18-20-8-5-7-19(2)15-20/h5,7-8,15,21H,4,6,9-14,16-18H2,1-3H3,(H,23,24). The van der Waals surface area contributed by atoms with Crippen LogP contribution in [0.5, 0.6) is 0 Å². The Bertz CT molecular complexity index is 606. The predicted molar refractivity (Wildman–Crippen MR) is 114 cm³/mol. The van der Waals surface area contributed by atoms with Crippen molar-refractivity contribution in [2.24, 2.45) is 10.9 Å². The molecular formula is C22H37N5. The molecule has 0 amide bonds. The van der Waals surface area contributed by atoms with Gasteiger partial charge in [0.15, 0.2) is 5.96 Å². The molecule has 3 rings (SSSR count). The highest BCUT2D eigenvalue weighted by Gasteiger charge is 2.21. The second kappa shape index (κ2) is 10.1. The van der Waals surface area contributed by atoms with Crippen LogP contribution in [0.2, 0.25) is 0 Å². The van der Waals surface area contributed by atoms with Crippen molar-refractivity contribution < 1.29 is 0 Å². The Morgan fingerprint density at radius 3 is 2.70 bits per heavy atom. The maximum absolute atomic E-state index is 5.00. The third-order valence-electron chi connectivity index (χ3n) is 5.72. The first kappa shape index (κ1) is 20.2. The number of nitrogens with zero attached hydrogens (tertiary/aromatic N) is 4. The van der Waals surface area contributed by atoms with E-state index in [4.69, 9.17) is 4.99 Å². The highest BCUT2D eigenvalue weighted by Crippen LogP contribution is 2.16. The van der Waals surface area contributed by atoms with Gasteiger partial charge in [0.1, 0.15) is 0 Å². The van der Waals surface area contributed by atoms with Crippen molar-refractivity contribution in [2.75, 3.05) is 59.4 Å². The summed E-state index contributed by atoms with van der Waals surface area (Å²) < 4.78 is 0. The monoisotopic (exact) mass is 371 g/mol.